The van der Waals surface area contributed by atoms with Crippen LogP contribution in [-0.2, 0) is 16.0 Å². The van der Waals surface area contributed by atoms with Crippen molar-refractivity contribution in [3.05, 3.63) is 52.6 Å². The normalized spacial score (nSPS) is 13.4. The number of nitrogens with zero attached hydrogens (tertiary/aromatic N) is 1. The van der Waals surface area contributed by atoms with Crippen LogP contribution in [0.5, 0.6) is 5.75 Å². The molecule has 0 aromatic heterocycles. The average molecular weight is 395 g/mol. The maximum atomic E-state index is 12.4. The second-order valence-electron chi connectivity index (χ2n) is 8.28. The number of fused-ring (bicyclic) bond motifs is 1. The van der Waals surface area contributed by atoms with Crippen molar-refractivity contribution in [1.82, 2.24) is 0 Å². The minimum absolute atomic E-state index is 0.0429. The second-order valence-corrected chi connectivity index (χ2v) is 8.28. The van der Waals surface area contributed by atoms with E-state index < -0.39 is 0 Å². The summed E-state index contributed by atoms with van der Waals surface area (Å²) in [5.41, 5.74) is 6.08. The molecular weight excluding hydrogens is 364 g/mol. The number of nitrogens with one attached hydrogen (secondary N) is 1. The van der Waals surface area contributed by atoms with E-state index in [0.29, 0.717) is 25.3 Å². The van der Waals surface area contributed by atoms with Gasteiger partial charge >= 0.3 is 0 Å². The van der Waals surface area contributed by atoms with E-state index in [1.807, 2.05) is 49.9 Å². The molecule has 0 bridgehead atoms. The summed E-state index contributed by atoms with van der Waals surface area (Å²) in [6, 6.07) is 9.80. The van der Waals surface area contributed by atoms with Crippen molar-refractivity contribution >= 4 is 23.2 Å². The van der Waals surface area contributed by atoms with Gasteiger partial charge in [0, 0.05) is 24.3 Å². The fourth-order valence-corrected chi connectivity index (χ4v) is 3.69. The van der Waals surface area contributed by atoms with Gasteiger partial charge in [0.25, 0.3) is 5.91 Å². The average Bonchev–Trinajstić information content (AvgIpc) is 2.65. The van der Waals surface area contributed by atoms with Gasteiger partial charge in [0.1, 0.15) is 5.75 Å². The van der Waals surface area contributed by atoms with Crippen LogP contribution in [0.1, 0.15) is 42.5 Å². The van der Waals surface area contributed by atoms with Crippen molar-refractivity contribution in [2.45, 2.75) is 47.5 Å². The van der Waals surface area contributed by atoms with E-state index in [1.54, 1.807) is 0 Å². The third kappa shape index (κ3) is 4.97. The Bertz CT molecular complexity index is 934. The highest BCUT2D eigenvalue weighted by Gasteiger charge is 2.25. The first-order valence-electron chi connectivity index (χ1n) is 10.2. The van der Waals surface area contributed by atoms with Gasteiger partial charge in [-0.05, 0) is 79.6 Å². The van der Waals surface area contributed by atoms with Crippen LogP contribution in [0.15, 0.2) is 30.3 Å². The molecule has 2 aromatic rings. The zero-order chi connectivity index (χ0) is 21.1. The monoisotopic (exact) mass is 394 g/mol. The number of hydrogen-bond acceptors (Lipinski definition) is 3. The third-order valence-corrected chi connectivity index (χ3v) is 5.23. The van der Waals surface area contributed by atoms with E-state index in [0.717, 1.165) is 39.4 Å². The summed E-state index contributed by atoms with van der Waals surface area (Å²) < 4.78 is 5.76. The smallest absolute Gasteiger partial charge is 0.262 e. The van der Waals surface area contributed by atoms with Crippen molar-refractivity contribution in [1.29, 1.82) is 0 Å². The molecule has 0 saturated heterocycles. The van der Waals surface area contributed by atoms with Gasteiger partial charge in [-0.25, -0.2) is 0 Å². The van der Waals surface area contributed by atoms with Gasteiger partial charge in [0.05, 0.1) is 0 Å². The molecule has 1 N–H and O–H groups in total. The van der Waals surface area contributed by atoms with Crippen molar-refractivity contribution in [2.75, 3.05) is 23.4 Å². The quantitative estimate of drug-likeness (QED) is 0.781. The summed E-state index contributed by atoms with van der Waals surface area (Å²) in [6.45, 7) is 10.9. The molecule has 1 aliphatic rings. The molecular formula is C24H30N2O3. The van der Waals surface area contributed by atoms with Gasteiger partial charge in [-0.2, -0.15) is 0 Å². The molecule has 1 aliphatic heterocycles. The van der Waals surface area contributed by atoms with Crippen LogP contribution < -0.4 is 15.0 Å². The summed E-state index contributed by atoms with van der Waals surface area (Å²) in [6.07, 6.45) is 1.21. The first-order valence-corrected chi connectivity index (χ1v) is 10.2. The molecule has 0 spiro atoms. The predicted octanol–water partition coefficient (Wildman–Crippen LogP) is 4.56. The Hall–Kier alpha value is -2.82. The van der Waals surface area contributed by atoms with Crippen LogP contribution in [0, 0.1) is 26.7 Å². The Labute approximate surface area is 173 Å². The van der Waals surface area contributed by atoms with Gasteiger partial charge in [0.2, 0.25) is 5.91 Å². The van der Waals surface area contributed by atoms with Crippen LogP contribution >= 0.6 is 0 Å². The van der Waals surface area contributed by atoms with Crippen LogP contribution in [0.3, 0.4) is 0 Å². The first kappa shape index (κ1) is 20.9. The van der Waals surface area contributed by atoms with Crippen LogP contribution in [-0.4, -0.2) is 25.0 Å². The Kier molecular flexibility index (Phi) is 6.26. The van der Waals surface area contributed by atoms with Gasteiger partial charge in [-0.15, -0.1) is 0 Å². The molecule has 5 nitrogen and oxygen atoms in total. The Morgan fingerprint density at radius 2 is 1.90 bits per heavy atom. The largest absolute Gasteiger partial charge is 0.483 e. The number of rotatable bonds is 6. The lowest BCUT2D eigenvalue weighted by atomic mass is 9.99. The van der Waals surface area contributed by atoms with E-state index in [-0.39, 0.29) is 18.4 Å². The lowest BCUT2D eigenvalue weighted by Crippen LogP contribution is -2.37. The van der Waals surface area contributed by atoms with Crippen molar-refractivity contribution in [3.63, 3.8) is 0 Å². The highest BCUT2D eigenvalue weighted by Crippen LogP contribution is 2.31. The van der Waals surface area contributed by atoms with Crippen molar-refractivity contribution in [3.8, 4) is 5.75 Å². The van der Waals surface area contributed by atoms with E-state index >= 15 is 0 Å². The lowest BCUT2D eigenvalue weighted by Gasteiger charge is -2.31. The molecule has 0 saturated carbocycles. The number of carbonyl (C=O) groups is 2. The topological polar surface area (TPSA) is 58.6 Å². The number of hydrogen-bond donors (Lipinski definition) is 1. The number of aryl methyl sites for hydroxylation is 3. The fourth-order valence-electron chi connectivity index (χ4n) is 3.69. The summed E-state index contributed by atoms with van der Waals surface area (Å²) in [4.78, 5) is 26.5. The predicted molar refractivity (Wildman–Crippen MR) is 117 cm³/mol. The molecule has 2 aromatic carbocycles. The first-order chi connectivity index (χ1) is 13.7. The fraction of sp³-hybridized carbons (Fsp3) is 0.417. The summed E-state index contributed by atoms with van der Waals surface area (Å²) in [7, 11) is 0. The molecule has 0 aliphatic carbocycles. The highest BCUT2D eigenvalue weighted by atomic mass is 16.5. The maximum absolute atomic E-state index is 12.4. The summed E-state index contributed by atoms with van der Waals surface area (Å²) in [5.74, 6) is 1.11. The minimum atomic E-state index is -0.200. The minimum Gasteiger partial charge on any atom is -0.483 e. The third-order valence-electron chi connectivity index (χ3n) is 5.23. The van der Waals surface area contributed by atoms with Gasteiger partial charge in [-0.3, -0.25) is 9.59 Å². The SMILES string of the molecule is Cc1cc(C)c(C)c(OCC(=O)Nc2ccc3c(c2)CCC(=O)N3CC(C)C)c1. The van der Waals surface area contributed by atoms with Crippen LogP contribution in [0.2, 0.25) is 0 Å². The van der Waals surface area contributed by atoms with Gasteiger partial charge in [-0.1, -0.05) is 19.9 Å². The standard InChI is InChI=1S/C24H30N2O3/c1-15(2)13-26-21-8-7-20(12-19(21)6-9-24(26)28)25-23(27)14-29-22-11-16(3)10-17(4)18(22)5/h7-8,10-12,15H,6,9,13-14H2,1-5H3,(H,25,27). The van der Waals surface area contributed by atoms with Crippen molar-refractivity contribution in [2.24, 2.45) is 5.92 Å². The van der Waals surface area contributed by atoms with E-state index in [9.17, 15) is 9.59 Å². The molecule has 0 fully saturated rings. The molecule has 3 rings (SSSR count). The molecule has 5 heteroatoms. The van der Waals surface area contributed by atoms with E-state index in [4.69, 9.17) is 4.74 Å². The molecule has 0 atom stereocenters. The zero-order valence-corrected chi connectivity index (χ0v) is 18.0. The Morgan fingerprint density at radius 1 is 1.14 bits per heavy atom. The summed E-state index contributed by atoms with van der Waals surface area (Å²) in [5, 5.41) is 2.91. The Balaban J connectivity index is 1.67. The Morgan fingerprint density at radius 3 is 2.62 bits per heavy atom. The number of anilines is 2. The molecule has 0 radical (unpaired) electrons. The molecule has 154 valence electrons. The summed E-state index contributed by atoms with van der Waals surface area (Å²) >= 11 is 0. The van der Waals surface area contributed by atoms with Crippen molar-refractivity contribution < 1.29 is 14.3 Å². The maximum Gasteiger partial charge on any atom is 0.262 e. The van der Waals surface area contributed by atoms with E-state index in [2.05, 4.69) is 25.2 Å². The highest BCUT2D eigenvalue weighted by molar-refractivity contribution is 5.97. The lowest BCUT2D eigenvalue weighted by molar-refractivity contribution is -0.119. The second kappa shape index (κ2) is 8.68. The molecule has 0 unspecified atom stereocenters. The number of carbonyl (C=O) groups excluding carboxylic acids is 2. The van der Waals surface area contributed by atoms with Gasteiger partial charge in [0.15, 0.2) is 6.61 Å². The molecule has 2 amide bonds. The van der Waals surface area contributed by atoms with Crippen LogP contribution in [0.4, 0.5) is 11.4 Å². The zero-order valence-electron chi connectivity index (χ0n) is 18.0. The van der Waals surface area contributed by atoms with Crippen LogP contribution in [0.25, 0.3) is 0 Å². The molecule has 1 heterocycles. The number of amides is 2. The van der Waals surface area contributed by atoms with E-state index in [1.165, 1.54) is 0 Å². The van der Waals surface area contributed by atoms with Gasteiger partial charge < -0.3 is 15.0 Å². The molecule has 29 heavy (non-hydrogen) atoms. The number of ether oxygens (including phenoxy) is 1. The number of benzene rings is 2.